The van der Waals surface area contributed by atoms with E-state index in [1.54, 1.807) is 6.20 Å². The van der Waals surface area contributed by atoms with E-state index in [-0.39, 0.29) is 19.6 Å². The Bertz CT molecular complexity index is 972. The second-order valence-corrected chi connectivity index (χ2v) is 5.95. The van der Waals surface area contributed by atoms with Crippen LogP contribution in [0.15, 0.2) is 59.1 Å². The Morgan fingerprint density at radius 3 is 2.31 bits per heavy atom. The highest BCUT2D eigenvalue weighted by Gasteiger charge is 2.16. The van der Waals surface area contributed by atoms with Crippen molar-refractivity contribution in [2.24, 2.45) is 0 Å². The van der Waals surface area contributed by atoms with Crippen molar-refractivity contribution < 1.29 is 22.8 Å². The monoisotopic (exact) mass is 400 g/mol. The van der Waals surface area contributed by atoms with E-state index in [4.69, 9.17) is 4.42 Å². The zero-order valence-electron chi connectivity index (χ0n) is 15.2. The molecule has 7 nitrogen and oxygen atoms in total. The molecule has 9 heteroatoms. The number of carbonyl (C=O) groups excluding carboxylic acids is 2. The molecule has 0 saturated carbocycles. The highest BCUT2D eigenvalue weighted by Crippen LogP contribution is 2.19. The lowest BCUT2D eigenvalue weighted by Crippen LogP contribution is -2.40. The summed E-state index contributed by atoms with van der Waals surface area (Å²) in [5.74, 6) is -1.87. The minimum absolute atomic E-state index is 0.00279. The number of nitrogens with one attached hydrogen (secondary N) is 3. The van der Waals surface area contributed by atoms with Gasteiger partial charge in [0.1, 0.15) is 17.2 Å². The van der Waals surface area contributed by atoms with Crippen molar-refractivity contribution >= 4 is 11.9 Å². The van der Waals surface area contributed by atoms with Crippen LogP contribution in [0.5, 0.6) is 0 Å². The van der Waals surface area contributed by atoms with Crippen molar-refractivity contribution in [2.75, 3.05) is 13.1 Å². The Hall–Kier alpha value is -3.75. The van der Waals surface area contributed by atoms with Crippen molar-refractivity contribution in [1.29, 1.82) is 0 Å². The third kappa shape index (κ3) is 5.38. The SMILES string of the molecule is O=C(NCCNC(=O)c1c(F)cccc1F)NCc1ncc(-c2ccccc2)o1. The maximum Gasteiger partial charge on any atom is 0.315 e. The predicted octanol–water partition coefficient (Wildman–Crippen LogP) is 2.85. The molecule has 29 heavy (non-hydrogen) atoms. The molecule has 1 heterocycles. The van der Waals surface area contributed by atoms with Crippen LogP contribution in [0.1, 0.15) is 16.2 Å². The number of oxazole rings is 1. The number of aromatic nitrogens is 1. The van der Waals surface area contributed by atoms with Gasteiger partial charge in [-0.15, -0.1) is 0 Å². The van der Waals surface area contributed by atoms with Crippen LogP contribution in [-0.4, -0.2) is 30.0 Å². The van der Waals surface area contributed by atoms with Crippen LogP contribution in [-0.2, 0) is 6.54 Å². The largest absolute Gasteiger partial charge is 0.439 e. The fraction of sp³-hybridized carbons (Fsp3) is 0.150. The van der Waals surface area contributed by atoms with Gasteiger partial charge in [-0.05, 0) is 12.1 Å². The van der Waals surface area contributed by atoms with Crippen LogP contribution < -0.4 is 16.0 Å². The lowest BCUT2D eigenvalue weighted by atomic mass is 10.2. The maximum atomic E-state index is 13.5. The first kappa shape index (κ1) is 20.0. The molecule has 1 aromatic heterocycles. The standard InChI is InChI=1S/C20H18F2N4O3/c21-14-7-4-8-15(22)18(14)19(27)23-9-10-24-20(28)26-12-17-25-11-16(29-17)13-5-2-1-3-6-13/h1-8,11H,9-10,12H2,(H,23,27)(H2,24,26,28). The predicted molar refractivity (Wildman–Crippen MR) is 101 cm³/mol. The summed E-state index contributed by atoms with van der Waals surface area (Å²) in [5.41, 5.74) is 0.216. The molecule has 0 atom stereocenters. The molecule has 0 aliphatic carbocycles. The number of carbonyl (C=O) groups is 2. The summed E-state index contributed by atoms with van der Waals surface area (Å²) in [6.45, 7) is 0.136. The Morgan fingerprint density at radius 2 is 1.59 bits per heavy atom. The number of urea groups is 1. The Morgan fingerprint density at radius 1 is 0.897 bits per heavy atom. The Balaban J connectivity index is 1.39. The second-order valence-electron chi connectivity index (χ2n) is 5.95. The van der Waals surface area contributed by atoms with Crippen molar-refractivity contribution in [1.82, 2.24) is 20.9 Å². The van der Waals surface area contributed by atoms with Gasteiger partial charge in [0.25, 0.3) is 5.91 Å². The smallest absolute Gasteiger partial charge is 0.315 e. The summed E-state index contributed by atoms with van der Waals surface area (Å²) >= 11 is 0. The van der Waals surface area contributed by atoms with E-state index < -0.39 is 29.1 Å². The zero-order chi connectivity index (χ0) is 20.6. The normalized spacial score (nSPS) is 10.4. The lowest BCUT2D eigenvalue weighted by Gasteiger charge is -2.08. The molecule has 3 aromatic rings. The maximum absolute atomic E-state index is 13.5. The van der Waals surface area contributed by atoms with Crippen molar-refractivity contribution in [2.45, 2.75) is 6.54 Å². The molecule has 0 saturated heterocycles. The van der Waals surface area contributed by atoms with Crippen LogP contribution in [0.3, 0.4) is 0 Å². The van der Waals surface area contributed by atoms with E-state index in [0.29, 0.717) is 11.7 Å². The van der Waals surface area contributed by atoms with Crippen LogP contribution in [0.2, 0.25) is 0 Å². The van der Waals surface area contributed by atoms with Gasteiger partial charge in [-0.1, -0.05) is 36.4 Å². The van der Waals surface area contributed by atoms with Gasteiger partial charge in [0, 0.05) is 18.7 Å². The molecule has 0 spiro atoms. The molecule has 3 amide bonds. The number of benzene rings is 2. The minimum atomic E-state index is -0.950. The highest BCUT2D eigenvalue weighted by molar-refractivity contribution is 5.94. The molecule has 0 bridgehead atoms. The van der Waals surface area contributed by atoms with E-state index in [2.05, 4.69) is 20.9 Å². The number of hydrogen-bond donors (Lipinski definition) is 3. The molecule has 150 valence electrons. The molecule has 0 unspecified atom stereocenters. The molecule has 3 rings (SSSR count). The molecular weight excluding hydrogens is 382 g/mol. The number of amides is 3. The van der Waals surface area contributed by atoms with Gasteiger partial charge in [-0.2, -0.15) is 0 Å². The second kappa shape index (κ2) is 9.45. The first-order valence-corrected chi connectivity index (χ1v) is 8.78. The number of halogens is 2. The van der Waals surface area contributed by atoms with E-state index in [0.717, 1.165) is 17.7 Å². The van der Waals surface area contributed by atoms with Gasteiger partial charge in [0.2, 0.25) is 5.89 Å². The third-order valence-corrected chi connectivity index (χ3v) is 3.90. The van der Waals surface area contributed by atoms with E-state index in [9.17, 15) is 18.4 Å². The van der Waals surface area contributed by atoms with Crippen molar-refractivity contribution in [3.63, 3.8) is 0 Å². The molecular formula is C20H18F2N4O3. The summed E-state index contributed by atoms with van der Waals surface area (Å²) < 4.78 is 32.6. The minimum Gasteiger partial charge on any atom is -0.439 e. The highest BCUT2D eigenvalue weighted by atomic mass is 19.1. The third-order valence-electron chi connectivity index (χ3n) is 3.90. The number of nitrogens with zero attached hydrogens (tertiary/aromatic N) is 1. The quantitative estimate of drug-likeness (QED) is 0.532. The van der Waals surface area contributed by atoms with Gasteiger partial charge in [-0.3, -0.25) is 4.79 Å². The van der Waals surface area contributed by atoms with Crippen LogP contribution in [0.4, 0.5) is 13.6 Å². The average molecular weight is 400 g/mol. The number of rotatable bonds is 7. The van der Waals surface area contributed by atoms with Crippen LogP contribution >= 0.6 is 0 Å². The average Bonchev–Trinajstić information content (AvgIpc) is 3.19. The lowest BCUT2D eigenvalue weighted by molar-refractivity contribution is 0.0945. The molecule has 0 fully saturated rings. The molecule has 3 N–H and O–H groups in total. The summed E-state index contributed by atoms with van der Waals surface area (Å²) in [6, 6.07) is 12.1. The molecule has 2 aromatic carbocycles. The fourth-order valence-corrected chi connectivity index (χ4v) is 2.50. The summed E-state index contributed by atoms with van der Waals surface area (Å²) in [7, 11) is 0. The first-order chi connectivity index (χ1) is 14.0. The van der Waals surface area contributed by atoms with Crippen molar-refractivity contribution in [3.05, 3.63) is 77.8 Å². The first-order valence-electron chi connectivity index (χ1n) is 8.78. The summed E-state index contributed by atoms with van der Waals surface area (Å²) in [6.07, 6.45) is 1.57. The molecule has 0 aliphatic rings. The van der Waals surface area contributed by atoms with Crippen LogP contribution in [0, 0.1) is 11.6 Å². The van der Waals surface area contributed by atoms with Gasteiger partial charge in [0.05, 0.1) is 12.7 Å². The summed E-state index contributed by atoms with van der Waals surface area (Å²) in [4.78, 5) is 27.7. The van der Waals surface area contributed by atoms with Gasteiger partial charge < -0.3 is 20.4 Å². The van der Waals surface area contributed by atoms with Crippen molar-refractivity contribution in [3.8, 4) is 11.3 Å². The van der Waals surface area contributed by atoms with Gasteiger partial charge >= 0.3 is 6.03 Å². The van der Waals surface area contributed by atoms with Gasteiger partial charge in [0.15, 0.2) is 5.76 Å². The van der Waals surface area contributed by atoms with E-state index in [1.807, 2.05) is 30.3 Å². The fourth-order valence-electron chi connectivity index (χ4n) is 2.50. The Labute approximate surface area is 165 Å². The zero-order valence-corrected chi connectivity index (χ0v) is 15.2. The summed E-state index contributed by atoms with van der Waals surface area (Å²) in [5, 5.41) is 7.41. The van der Waals surface area contributed by atoms with Crippen LogP contribution in [0.25, 0.3) is 11.3 Å². The van der Waals surface area contributed by atoms with Gasteiger partial charge in [-0.25, -0.2) is 18.6 Å². The van der Waals surface area contributed by atoms with E-state index in [1.165, 1.54) is 6.07 Å². The Kier molecular flexibility index (Phi) is 6.51. The molecule has 0 aliphatic heterocycles. The molecule has 0 radical (unpaired) electrons. The number of hydrogen-bond acceptors (Lipinski definition) is 4. The van der Waals surface area contributed by atoms with E-state index >= 15 is 0 Å². The topological polar surface area (TPSA) is 96.3 Å².